The third-order valence-electron chi connectivity index (χ3n) is 19.9. The molecule has 7 atom stereocenters. The number of carbonyl (C=O) groups is 15. The van der Waals surface area contributed by atoms with Crippen molar-refractivity contribution in [1.29, 1.82) is 10.5 Å². The Kier molecular flexibility index (Phi) is 39.1. The number of nitriles is 2. The standard InChI is InChI=1S/C78H102F3N18O23P/c79-77(80)37-49(39-82)98(47-77)67(105)41-89-72(113)53-15-20-84-57-7-5-51(35-55(53)57)122-32-4-2-19-87-63(101)13-11-61(76(118)119)93-74(115)59(91-65(103)17-33-120-34-22-88-66(104)43-94-23-25-95(44-69(107)108)27-29-97(46-71(111)112)30-28-96(26-24-94)45-70(109)110)9-14-64(102)92-60(75(116)117)10-12-62(100)86-18-1-3-31-121-52-6-8-58-56(36-52)54(16-21-85-58)73(114)90-42-68(106)99-48-78(81,123)38-50(99)40-83/h5-8,15-16,20-21,35-36,49-50,59-61H,1-4,9-14,17-19,22-34,37-38,41-48,123H2,(H,86,100)(H,87,101)(H,88,104)(H,89,113)(H,90,114)(H,91,103)(H,92,102)(H,93,115)(H,107,108)(H,109,110)(H,111,112)(H,116,117)(H,118,119)/t49-,50+,59+,60-,61-,78?/m1/s1. The molecule has 7 rings (SSSR count). The molecular weight excluding hydrogens is 1640 g/mol. The molecule has 13 N–H and O–H groups in total. The summed E-state index contributed by atoms with van der Waals surface area (Å²) >= 11 is 0. The molecule has 2 aromatic heterocycles. The Morgan fingerprint density at radius 1 is 0.472 bits per heavy atom. The smallest absolute Gasteiger partial charge is 0.326 e. The van der Waals surface area contributed by atoms with Gasteiger partial charge in [0.2, 0.25) is 47.3 Å². The van der Waals surface area contributed by atoms with Gasteiger partial charge in [-0.1, -0.05) is 9.24 Å². The highest BCUT2D eigenvalue weighted by Crippen LogP contribution is 2.36. The lowest BCUT2D eigenvalue weighted by Gasteiger charge is -2.32. The Labute approximate surface area is 705 Å². The summed E-state index contributed by atoms with van der Waals surface area (Å²) in [5, 5.41) is 86.5. The van der Waals surface area contributed by atoms with Crippen molar-refractivity contribution >= 4 is 120 Å². The average molecular weight is 1750 g/mol. The van der Waals surface area contributed by atoms with E-state index in [0.29, 0.717) is 59.0 Å². The van der Waals surface area contributed by atoms with Crippen LogP contribution in [0.2, 0.25) is 0 Å². The van der Waals surface area contributed by atoms with Gasteiger partial charge in [-0.3, -0.25) is 91.9 Å². The Balaban J connectivity index is 0.874. The number of hydrogen-bond donors (Lipinski definition) is 13. The first-order valence-electron chi connectivity index (χ1n) is 39.7. The number of alkyl halides is 3. The number of fused-ring (bicyclic) bond motifs is 2. The summed E-state index contributed by atoms with van der Waals surface area (Å²) in [4.78, 5) is 209. The Bertz CT molecular complexity index is 4490. The van der Waals surface area contributed by atoms with E-state index in [0.717, 1.165) is 9.80 Å². The fraction of sp³-hybridized carbons (Fsp3) is 0.551. The number of carboxylic acids is 5. The Hall–Kier alpha value is -12.1. The van der Waals surface area contributed by atoms with Gasteiger partial charge >= 0.3 is 29.8 Å². The van der Waals surface area contributed by atoms with E-state index in [1.165, 1.54) is 30.6 Å². The molecule has 0 aliphatic carbocycles. The quantitative estimate of drug-likeness (QED) is 0.0184. The van der Waals surface area contributed by atoms with E-state index < -0.39 is 195 Å². The number of nitrogens with one attached hydrogen (secondary N) is 8. The summed E-state index contributed by atoms with van der Waals surface area (Å²) in [6.45, 7) is -2.49. The van der Waals surface area contributed by atoms with Crippen LogP contribution < -0.4 is 52.0 Å². The SMILES string of the molecule is N#C[C@@H]1CC(F)(P)CN1C(=O)CNC(=O)c1ccnc2ccc(OCCCCNC(=O)CC[C@@H](NC(=O)CC[C@H](NC(=O)CCOCCNC(=O)CN3CCN(CC(=O)O)CCN(CC(=O)O)CCN(CC(=O)O)CC3)C(=O)N[C@H](CCC(=O)NCCCCOc3ccc4nccc(C(=O)NCC(=O)N5CC(F)(F)C[C@@H]5C#N)c4c3)C(=O)O)C(=O)O)cc12. The summed E-state index contributed by atoms with van der Waals surface area (Å²) in [6, 6.07) is 8.56. The van der Waals surface area contributed by atoms with Crippen molar-refractivity contribution in [1.82, 2.24) is 81.9 Å². The number of pyridine rings is 2. The van der Waals surface area contributed by atoms with Crippen LogP contribution >= 0.6 is 9.24 Å². The molecule has 123 heavy (non-hydrogen) atoms. The van der Waals surface area contributed by atoms with Crippen LogP contribution in [-0.4, -0.2) is 346 Å². The molecule has 3 saturated heterocycles. The number of amides is 10. The van der Waals surface area contributed by atoms with E-state index in [-0.39, 0.29) is 155 Å². The number of halogens is 3. The largest absolute Gasteiger partial charge is 0.494 e. The average Bonchev–Trinajstić information content (AvgIpc) is 1.42. The summed E-state index contributed by atoms with van der Waals surface area (Å²) in [6.07, 6.45) is -0.0199. The number of aliphatic carboxylic acids is 5. The minimum absolute atomic E-state index is 0.0842. The lowest BCUT2D eigenvalue weighted by Crippen LogP contribution is -2.52. The highest BCUT2D eigenvalue weighted by molar-refractivity contribution is 7.18. The number of likely N-dealkylation sites (tertiary alicyclic amines) is 2. The monoisotopic (exact) mass is 1750 g/mol. The Morgan fingerprint density at radius 2 is 0.878 bits per heavy atom. The topological polar surface area (TPSA) is 574 Å². The second-order valence-corrected chi connectivity index (χ2v) is 30.5. The first-order valence-corrected chi connectivity index (χ1v) is 40.3. The highest BCUT2D eigenvalue weighted by atomic mass is 31.0. The predicted octanol–water partition coefficient (Wildman–Crippen LogP) is -1.12. The van der Waals surface area contributed by atoms with Crippen LogP contribution in [0.15, 0.2) is 60.9 Å². The molecule has 0 bridgehead atoms. The number of carbonyl (C=O) groups excluding carboxylic acids is 10. The molecule has 41 nitrogen and oxygen atoms in total. The number of nitrogens with zero attached hydrogens (tertiary/aromatic N) is 10. The van der Waals surface area contributed by atoms with Crippen molar-refractivity contribution in [3.63, 3.8) is 0 Å². The predicted molar refractivity (Wildman–Crippen MR) is 429 cm³/mol. The maximum atomic E-state index is 14.6. The molecule has 3 fully saturated rings. The molecule has 3 aliphatic heterocycles. The molecule has 5 heterocycles. The molecule has 10 amide bonds. The van der Waals surface area contributed by atoms with Gasteiger partial charge in [0, 0.05) is 134 Å². The van der Waals surface area contributed by atoms with Crippen molar-refractivity contribution in [2.75, 3.05) is 151 Å². The molecule has 0 spiro atoms. The maximum absolute atomic E-state index is 14.6. The van der Waals surface area contributed by atoms with Gasteiger partial charge in [-0.25, -0.2) is 22.8 Å². The maximum Gasteiger partial charge on any atom is 0.326 e. The van der Waals surface area contributed by atoms with Crippen LogP contribution in [0.25, 0.3) is 21.8 Å². The molecule has 668 valence electrons. The zero-order valence-electron chi connectivity index (χ0n) is 67.4. The number of aromatic nitrogens is 2. The van der Waals surface area contributed by atoms with E-state index in [1.54, 1.807) is 56.0 Å². The van der Waals surface area contributed by atoms with E-state index in [4.69, 9.17) is 14.2 Å². The lowest BCUT2D eigenvalue weighted by molar-refractivity contribution is -0.143. The number of carboxylic acid groups (broad SMARTS) is 5. The third-order valence-corrected chi connectivity index (χ3v) is 20.3. The van der Waals surface area contributed by atoms with E-state index in [2.05, 4.69) is 52.5 Å². The van der Waals surface area contributed by atoms with Crippen molar-refractivity contribution < 1.29 is 125 Å². The number of ether oxygens (including phenoxy) is 3. The molecule has 4 aromatic rings. The van der Waals surface area contributed by atoms with Crippen molar-refractivity contribution in [3.8, 4) is 23.6 Å². The molecule has 2 aromatic carbocycles. The Morgan fingerprint density at radius 3 is 1.33 bits per heavy atom. The van der Waals surface area contributed by atoms with E-state index in [1.807, 2.05) is 15.3 Å². The zero-order chi connectivity index (χ0) is 89.8. The summed E-state index contributed by atoms with van der Waals surface area (Å²) in [7, 11) is 2.00. The van der Waals surface area contributed by atoms with E-state index >= 15 is 0 Å². The highest BCUT2D eigenvalue weighted by Gasteiger charge is 2.48. The normalized spacial score (nSPS) is 17.8. The first-order chi connectivity index (χ1) is 58.6. The minimum atomic E-state index is -3.25. The van der Waals surface area contributed by atoms with Gasteiger partial charge in [0.15, 0.2) is 0 Å². The summed E-state index contributed by atoms with van der Waals surface area (Å²) in [5.41, 5.74) is 1.07. The summed E-state index contributed by atoms with van der Waals surface area (Å²) < 4.78 is 59.9. The first kappa shape index (κ1) is 98.0. The molecule has 45 heteroatoms. The fourth-order valence-corrected chi connectivity index (χ4v) is 13.9. The molecule has 2 unspecified atom stereocenters. The van der Waals surface area contributed by atoms with Crippen LogP contribution in [-0.2, 0) is 67.1 Å². The molecule has 3 aliphatic rings. The van der Waals surface area contributed by atoms with Gasteiger partial charge in [0.05, 0.1) is 113 Å². The van der Waals surface area contributed by atoms with Gasteiger partial charge in [-0.2, -0.15) is 10.5 Å². The fourth-order valence-electron chi connectivity index (χ4n) is 13.4. The van der Waals surface area contributed by atoms with Gasteiger partial charge < -0.3 is 92.1 Å². The molecule has 0 saturated carbocycles. The van der Waals surface area contributed by atoms with Crippen molar-refractivity contribution in [2.45, 2.75) is 125 Å². The zero-order valence-corrected chi connectivity index (χ0v) is 68.5. The number of hydrogen-bond acceptors (Lipinski definition) is 26. The number of unbranched alkanes of at least 4 members (excludes halogenated alkanes) is 2. The molecule has 0 radical (unpaired) electrons. The summed E-state index contributed by atoms with van der Waals surface area (Å²) in [5.74, 6) is -16.5. The van der Waals surface area contributed by atoms with Crippen molar-refractivity contribution in [2.24, 2.45) is 0 Å². The lowest BCUT2D eigenvalue weighted by atomic mass is 10.1. The van der Waals surface area contributed by atoms with E-state index in [9.17, 15) is 121 Å². The third kappa shape index (κ3) is 34.0. The van der Waals surface area contributed by atoms with Crippen LogP contribution in [0, 0.1) is 22.7 Å². The number of benzene rings is 2. The van der Waals surface area contributed by atoms with Crippen LogP contribution in [0.5, 0.6) is 11.5 Å². The van der Waals surface area contributed by atoms with Gasteiger partial charge in [0.25, 0.3) is 17.7 Å². The van der Waals surface area contributed by atoms with Crippen molar-refractivity contribution in [3.05, 3.63) is 72.1 Å². The van der Waals surface area contributed by atoms with Gasteiger partial charge in [-0.05, 0) is 93.5 Å². The molecular formula is C78H102F3N18O23P. The second kappa shape index (κ2) is 49.1. The second-order valence-electron chi connectivity index (χ2n) is 29.5. The van der Waals surface area contributed by atoms with Gasteiger partial charge in [0.1, 0.15) is 47.1 Å². The van der Waals surface area contributed by atoms with Crippen LogP contribution in [0.3, 0.4) is 0 Å². The van der Waals surface area contributed by atoms with Gasteiger partial charge in [-0.15, -0.1) is 0 Å². The van der Waals surface area contributed by atoms with Crippen LogP contribution in [0.4, 0.5) is 13.2 Å². The number of rotatable bonds is 47. The van der Waals surface area contributed by atoms with Crippen LogP contribution in [0.1, 0.15) is 104 Å². The minimum Gasteiger partial charge on any atom is -0.494 e.